The summed E-state index contributed by atoms with van der Waals surface area (Å²) in [6.07, 6.45) is 7.35. The van der Waals surface area contributed by atoms with Gasteiger partial charge in [-0.25, -0.2) is 4.98 Å². The van der Waals surface area contributed by atoms with Gasteiger partial charge in [-0.3, -0.25) is 15.0 Å². The fourth-order valence-corrected chi connectivity index (χ4v) is 2.32. The number of rotatable bonds is 6. The Kier molecular flexibility index (Phi) is 4.58. The molecule has 0 bridgehead atoms. The van der Waals surface area contributed by atoms with Crippen LogP contribution in [-0.2, 0) is 11.3 Å². The van der Waals surface area contributed by atoms with E-state index in [9.17, 15) is 4.79 Å². The zero-order valence-corrected chi connectivity index (χ0v) is 12.1. The van der Waals surface area contributed by atoms with E-state index >= 15 is 0 Å². The third-order valence-electron chi connectivity index (χ3n) is 3.62. The van der Waals surface area contributed by atoms with Crippen LogP contribution in [0.1, 0.15) is 33.1 Å². The third kappa shape index (κ3) is 3.80. The Balaban J connectivity index is 1.86. The first-order chi connectivity index (χ1) is 9.06. The van der Waals surface area contributed by atoms with Gasteiger partial charge in [0, 0.05) is 25.0 Å². The maximum Gasteiger partial charge on any atom is 0.240 e. The van der Waals surface area contributed by atoms with Crippen molar-refractivity contribution in [1.82, 2.24) is 14.5 Å². The SMILES string of the molecule is CC(C)Cn1ccnc1NC(=O)CN(C)C1CCC1. The number of imidazole rings is 1. The molecule has 5 heteroatoms. The van der Waals surface area contributed by atoms with Crippen molar-refractivity contribution in [3.63, 3.8) is 0 Å². The van der Waals surface area contributed by atoms with Crippen molar-refractivity contribution in [1.29, 1.82) is 0 Å². The number of carbonyl (C=O) groups excluding carboxylic acids is 1. The highest BCUT2D eigenvalue weighted by atomic mass is 16.2. The van der Waals surface area contributed by atoms with E-state index in [1.807, 2.05) is 17.8 Å². The molecule has 1 N–H and O–H groups in total. The number of aromatic nitrogens is 2. The van der Waals surface area contributed by atoms with Crippen molar-refractivity contribution in [3.8, 4) is 0 Å². The molecule has 1 amide bonds. The molecule has 1 fully saturated rings. The molecule has 0 atom stereocenters. The molecule has 1 aliphatic rings. The Hall–Kier alpha value is -1.36. The first-order valence-electron chi connectivity index (χ1n) is 7.07. The maximum atomic E-state index is 12.0. The van der Waals surface area contributed by atoms with Gasteiger partial charge in [-0.1, -0.05) is 20.3 Å². The van der Waals surface area contributed by atoms with Gasteiger partial charge in [0.15, 0.2) is 0 Å². The zero-order valence-electron chi connectivity index (χ0n) is 12.1. The van der Waals surface area contributed by atoms with Crippen LogP contribution in [0.25, 0.3) is 0 Å². The van der Waals surface area contributed by atoms with E-state index in [2.05, 4.69) is 29.0 Å². The molecule has 19 heavy (non-hydrogen) atoms. The minimum absolute atomic E-state index is 0.0191. The Morgan fingerprint density at radius 3 is 2.89 bits per heavy atom. The predicted octanol–water partition coefficient (Wildman–Crippen LogP) is 1.96. The Bertz CT molecular complexity index is 423. The lowest BCUT2D eigenvalue weighted by Crippen LogP contribution is -2.41. The van der Waals surface area contributed by atoms with Gasteiger partial charge in [-0.05, 0) is 25.8 Å². The number of nitrogens with one attached hydrogen (secondary N) is 1. The van der Waals surface area contributed by atoms with E-state index in [0.29, 0.717) is 24.5 Å². The van der Waals surface area contributed by atoms with Gasteiger partial charge in [0.05, 0.1) is 6.54 Å². The van der Waals surface area contributed by atoms with Crippen molar-refractivity contribution in [2.24, 2.45) is 5.92 Å². The zero-order chi connectivity index (χ0) is 13.8. The molecule has 5 nitrogen and oxygen atoms in total. The van der Waals surface area contributed by atoms with E-state index in [0.717, 1.165) is 6.54 Å². The minimum Gasteiger partial charge on any atom is -0.317 e. The highest BCUT2D eigenvalue weighted by molar-refractivity contribution is 5.90. The summed E-state index contributed by atoms with van der Waals surface area (Å²) in [5.74, 6) is 1.20. The van der Waals surface area contributed by atoms with Crippen molar-refractivity contribution in [2.45, 2.75) is 45.7 Å². The van der Waals surface area contributed by atoms with Gasteiger partial charge in [0.25, 0.3) is 0 Å². The lowest BCUT2D eigenvalue weighted by Gasteiger charge is -2.34. The molecule has 0 aromatic carbocycles. The number of amides is 1. The lowest BCUT2D eigenvalue weighted by molar-refractivity contribution is -0.117. The van der Waals surface area contributed by atoms with Crippen molar-refractivity contribution in [3.05, 3.63) is 12.4 Å². The molecule has 0 saturated heterocycles. The molecule has 1 aromatic heterocycles. The van der Waals surface area contributed by atoms with Crippen LogP contribution in [0, 0.1) is 5.92 Å². The van der Waals surface area contributed by atoms with E-state index in [-0.39, 0.29) is 5.91 Å². The van der Waals surface area contributed by atoms with Gasteiger partial charge in [-0.15, -0.1) is 0 Å². The summed E-state index contributed by atoms with van der Waals surface area (Å²) >= 11 is 0. The Morgan fingerprint density at radius 2 is 2.32 bits per heavy atom. The van der Waals surface area contributed by atoms with Crippen LogP contribution < -0.4 is 5.32 Å². The Morgan fingerprint density at radius 1 is 1.58 bits per heavy atom. The second-order valence-electron chi connectivity index (χ2n) is 5.85. The standard InChI is InChI=1S/C14H24N4O/c1-11(2)9-18-8-7-15-14(18)16-13(19)10-17(3)12-5-4-6-12/h7-8,11-12H,4-6,9-10H2,1-3H3,(H,15,16,19). The number of hydrogen-bond donors (Lipinski definition) is 1. The summed E-state index contributed by atoms with van der Waals surface area (Å²) in [7, 11) is 2.02. The normalized spacial score (nSPS) is 15.8. The second-order valence-corrected chi connectivity index (χ2v) is 5.85. The largest absolute Gasteiger partial charge is 0.317 e. The van der Waals surface area contributed by atoms with Crippen LogP contribution in [0.5, 0.6) is 0 Å². The molecule has 0 aliphatic heterocycles. The molecule has 0 unspecified atom stereocenters. The van der Waals surface area contributed by atoms with Gasteiger partial charge in [-0.2, -0.15) is 0 Å². The summed E-state index contributed by atoms with van der Waals surface area (Å²) in [5.41, 5.74) is 0. The highest BCUT2D eigenvalue weighted by Crippen LogP contribution is 2.23. The van der Waals surface area contributed by atoms with E-state index in [1.165, 1.54) is 19.3 Å². The first-order valence-corrected chi connectivity index (χ1v) is 7.07. The summed E-state index contributed by atoms with van der Waals surface area (Å²) in [5, 5.41) is 2.90. The minimum atomic E-state index is 0.0191. The summed E-state index contributed by atoms with van der Waals surface area (Å²) in [6.45, 7) is 5.61. The molecule has 1 aliphatic carbocycles. The Labute approximate surface area is 115 Å². The number of anilines is 1. The van der Waals surface area contributed by atoms with Crippen LogP contribution in [0.2, 0.25) is 0 Å². The molecular weight excluding hydrogens is 240 g/mol. The average Bonchev–Trinajstić information content (AvgIpc) is 2.61. The van der Waals surface area contributed by atoms with E-state index in [4.69, 9.17) is 0 Å². The molecular formula is C14H24N4O. The number of nitrogens with zero attached hydrogens (tertiary/aromatic N) is 3. The number of carbonyl (C=O) groups is 1. The lowest BCUT2D eigenvalue weighted by atomic mass is 9.92. The molecule has 1 heterocycles. The topological polar surface area (TPSA) is 50.2 Å². The molecule has 1 saturated carbocycles. The smallest absolute Gasteiger partial charge is 0.240 e. The van der Waals surface area contributed by atoms with Crippen LogP contribution >= 0.6 is 0 Å². The third-order valence-corrected chi connectivity index (χ3v) is 3.62. The fraction of sp³-hybridized carbons (Fsp3) is 0.714. The maximum absolute atomic E-state index is 12.0. The quantitative estimate of drug-likeness (QED) is 0.854. The monoisotopic (exact) mass is 264 g/mol. The molecule has 0 spiro atoms. The highest BCUT2D eigenvalue weighted by Gasteiger charge is 2.23. The second kappa shape index (κ2) is 6.19. The van der Waals surface area contributed by atoms with Gasteiger partial charge < -0.3 is 4.57 Å². The van der Waals surface area contributed by atoms with E-state index < -0.39 is 0 Å². The van der Waals surface area contributed by atoms with E-state index in [1.54, 1.807) is 6.20 Å². The first kappa shape index (κ1) is 14.1. The summed E-state index contributed by atoms with van der Waals surface area (Å²) < 4.78 is 1.99. The number of likely N-dealkylation sites (N-methyl/N-ethyl adjacent to an activating group) is 1. The summed E-state index contributed by atoms with van der Waals surface area (Å²) in [4.78, 5) is 18.3. The fourth-order valence-electron chi connectivity index (χ4n) is 2.32. The average molecular weight is 264 g/mol. The summed E-state index contributed by atoms with van der Waals surface area (Å²) in [6, 6.07) is 0.584. The van der Waals surface area contributed by atoms with Gasteiger partial charge in [0.1, 0.15) is 0 Å². The van der Waals surface area contributed by atoms with Crippen molar-refractivity contribution >= 4 is 11.9 Å². The van der Waals surface area contributed by atoms with Crippen LogP contribution in [0.3, 0.4) is 0 Å². The molecule has 1 aromatic rings. The molecule has 0 radical (unpaired) electrons. The number of hydrogen-bond acceptors (Lipinski definition) is 3. The van der Waals surface area contributed by atoms with Crippen molar-refractivity contribution < 1.29 is 4.79 Å². The molecule has 2 rings (SSSR count). The van der Waals surface area contributed by atoms with Gasteiger partial charge >= 0.3 is 0 Å². The molecule has 106 valence electrons. The van der Waals surface area contributed by atoms with Gasteiger partial charge in [0.2, 0.25) is 11.9 Å². The van der Waals surface area contributed by atoms with Crippen LogP contribution in [0.4, 0.5) is 5.95 Å². The van der Waals surface area contributed by atoms with Crippen molar-refractivity contribution in [2.75, 3.05) is 18.9 Å². The predicted molar refractivity (Wildman–Crippen MR) is 76.0 cm³/mol. The van der Waals surface area contributed by atoms with Crippen LogP contribution in [0.15, 0.2) is 12.4 Å². The van der Waals surface area contributed by atoms with Crippen LogP contribution in [-0.4, -0.2) is 40.0 Å².